The van der Waals surface area contributed by atoms with E-state index in [2.05, 4.69) is 102 Å². The first kappa shape index (κ1) is 28.7. The van der Waals surface area contributed by atoms with Crippen molar-refractivity contribution in [3.63, 3.8) is 0 Å². The van der Waals surface area contributed by atoms with Gasteiger partial charge in [0.05, 0.1) is 16.7 Å². The second kappa shape index (κ2) is 11.2. The summed E-state index contributed by atoms with van der Waals surface area (Å²) in [7, 11) is 0. The monoisotopic (exact) mass is 664 g/mol. The largest absolute Gasteiger partial charge is 0.456 e. The fraction of sp³-hybridized carbons (Fsp3) is 0. The van der Waals surface area contributed by atoms with Crippen molar-refractivity contribution >= 4 is 65.3 Å². The van der Waals surface area contributed by atoms with Gasteiger partial charge in [-0.15, -0.1) is 0 Å². The predicted octanol–water partition coefficient (Wildman–Crippen LogP) is 12.2. The van der Waals surface area contributed by atoms with Crippen molar-refractivity contribution in [3.05, 3.63) is 170 Å². The maximum atomic E-state index is 6.70. The fourth-order valence-corrected chi connectivity index (χ4v) is 7.87. The van der Waals surface area contributed by atoms with Gasteiger partial charge in [-0.25, -0.2) is 15.0 Å². The minimum Gasteiger partial charge on any atom is -0.456 e. The highest BCUT2D eigenvalue weighted by Crippen LogP contribution is 2.43. The lowest BCUT2D eigenvalue weighted by Crippen LogP contribution is -2.02. The quantitative estimate of drug-likeness (QED) is 0.188. The lowest BCUT2D eigenvalue weighted by atomic mass is 10.0. The van der Waals surface area contributed by atoms with E-state index in [1.54, 1.807) is 0 Å². The summed E-state index contributed by atoms with van der Waals surface area (Å²) < 4.78 is 9.12. The Bertz CT molecular complexity index is 3030. The molecule has 0 aliphatic rings. The Morgan fingerprint density at radius 2 is 0.885 bits per heavy atom. The second-order valence-electron chi connectivity index (χ2n) is 13.2. The highest BCUT2D eigenvalue weighted by molar-refractivity contribution is 6.24. The van der Waals surface area contributed by atoms with Gasteiger partial charge in [-0.05, 0) is 22.9 Å². The first-order chi connectivity index (χ1) is 25.8. The number of para-hydroxylation sites is 1. The summed E-state index contributed by atoms with van der Waals surface area (Å²) in [5.41, 5.74) is 7.58. The van der Waals surface area contributed by atoms with Crippen LogP contribution in [0.2, 0.25) is 0 Å². The van der Waals surface area contributed by atoms with Crippen LogP contribution in [0.4, 0.5) is 0 Å². The van der Waals surface area contributed by atoms with E-state index >= 15 is 0 Å². The summed E-state index contributed by atoms with van der Waals surface area (Å²) >= 11 is 0. The van der Waals surface area contributed by atoms with Crippen LogP contribution in [-0.4, -0.2) is 19.5 Å². The number of hydrogen-bond acceptors (Lipinski definition) is 4. The zero-order chi connectivity index (χ0) is 34.2. The molecule has 11 rings (SSSR count). The fourth-order valence-electron chi connectivity index (χ4n) is 7.87. The molecule has 0 atom stereocenters. The van der Waals surface area contributed by atoms with Crippen molar-refractivity contribution in [2.24, 2.45) is 0 Å². The molecule has 0 saturated carbocycles. The molecule has 0 aliphatic carbocycles. The molecule has 52 heavy (non-hydrogen) atoms. The maximum absolute atomic E-state index is 6.70. The number of furan rings is 1. The van der Waals surface area contributed by atoms with Crippen LogP contribution in [0.25, 0.3) is 105 Å². The van der Waals surface area contributed by atoms with E-state index in [4.69, 9.17) is 19.4 Å². The molecule has 5 nitrogen and oxygen atoms in total. The smallest absolute Gasteiger partial charge is 0.164 e. The van der Waals surface area contributed by atoms with Crippen LogP contribution < -0.4 is 0 Å². The molecule has 0 fully saturated rings. The lowest BCUT2D eigenvalue weighted by Gasteiger charge is -2.14. The summed E-state index contributed by atoms with van der Waals surface area (Å²) in [6, 6.07) is 59.1. The Hall–Kier alpha value is -7.11. The minimum atomic E-state index is 0.585. The van der Waals surface area contributed by atoms with E-state index in [0.29, 0.717) is 17.5 Å². The Kier molecular flexibility index (Phi) is 6.18. The van der Waals surface area contributed by atoms with E-state index in [0.717, 1.165) is 55.3 Å². The Balaban J connectivity index is 1.31. The van der Waals surface area contributed by atoms with Crippen molar-refractivity contribution in [1.82, 2.24) is 19.5 Å². The molecule has 0 saturated heterocycles. The normalized spacial score (nSPS) is 11.8. The highest BCUT2D eigenvalue weighted by atomic mass is 16.3. The summed E-state index contributed by atoms with van der Waals surface area (Å²) in [6.45, 7) is 0. The van der Waals surface area contributed by atoms with E-state index < -0.39 is 0 Å². The highest BCUT2D eigenvalue weighted by Gasteiger charge is 2.23. The predicted molar refractivity (Wildman–Crippen MR) is 213 cm³/mol. The zero-order valence-corrected chi connectivity index (χ0v) is 27.9. The van der Waals surface area contributed by atoms with Crippen molar-refractivity contribution in [2.75, 3.05) is 0 Å². The van der Waals surface area contributed by atoms with Gasteiger partial charge in [0.1, 0.15) is 11.2 Å². The van der Waals surface area contributed by atoms with Gasteiger partial charge in [0, 0.05) is 55.1 Å². The van der Waals surface area contributed by atoms with Crippen molar-refractivity contribution in [3.8, 4) is 39.9 Å². The third-order valence-electron chi connectivity index (χ3n) is 10.2. The molecule has 0 spiro atoms. The van der Waals surface area contributed by atoms with Crippen molar-refractivity contribution in [1.29, 1.82) is 0 Å². The number of rotatable bonds is 4. The number of benzene rings is 8. The molecule has 0 amide bonds. The Morgan fingerprint density at radius 3 is 1.48 bits per heavy atom. The number of nitrogens with zero attached hydrogens (tertiary/aromatic N) is 4. The van der Waals surface area contributed by atoms with Gasteiger partial charge in [-0.3, -0.25) is 0 Å². The SMILES string of the molecule is c1ccc(-c2nc(-c3ccccc3)nc(-c3cc(-n4c5c6ccccc6ccc5c5ccc6ccccc6c54)cc4oc5ccccc5c34)n2)cc1. The molecule has 0 radical (unpaired) electrons. The molecule has 5 heteroatoms. The van der Waals surface area contributed by atoms with Gasteiger partial charge in [-0.2, -0.15) is 0 Å². The molecule has 11 aromatic rings. The van der Waals surface area contributed by atoms with Gasteiger partial charge in [-0.1, -0.05) is 152 Å². The Labute approximate surface area is 298 Å². The second-order valence-corrected chi connectivity index (χ2v) is 13.2. The third kappa shape index (κ3) is 4.33. The van der Waals surface area contributed by atoms with Crippen LogP contribution >= 0.6 is 0 Å². The lowest BCUT2D eigenvalue weighted by molar-refractivity contribution is 0.668. The van der Waals surface area contributed by atoms with Crippen LogP contribution in [-0.2, 0) is 0 Å². The minimum absolute atomic E-state index is 0.585. The van der Waals surface area contributed by atoms with Crippen LogP contribution in [0.1, 0.15) is 0 Å². The van der Waals surface area contributed by atoms with Crippen LogP contribution in [0.5, 0.6) is 0 Å². The van der Waals surface area contributed by atoms with Gasteiger partial charge in [0.15, 0.2) is 17.5 Å². The summed E-state index contributed by atoms with van der Waals surface area (Å²) in [6.07, 6.45) is 0. The zero-order valence-electron chi connectivity index (χ0n) is 27.9. The Morgan fingerprint density at radius 1 is 0.385 bits per heavy atom. The number of fused-ring (bicyclic) bond motifs is 10. The molecular formula is C47H28N4O. The molecule has 0 bridgehead atoms. The van der Waals surface area contributed by atoms with Crippen molar-refractivity contribution in [2.45, 2.75) is 0 Å². The molecule has 0 unspecified atom stereocenters. The van der Waals surface area contributed by atoms with Crippen molar-refractivity contribution < 1.29 is 4.42 Å². The molecule has 0 N–H and O–H groups in total. The third-order valence-corrected chi connectivity index (χ3v) is 10.2. The van der Waals surface area contributed by atoms with Crippen LogP contribution in [0.15, 0.2) is 174 Å². The van der Waals surface area contributed by atoms with Crippen LogP contribution in [0.3, 0.4) is 0 Å². The van der Waals surface area contributed by atoms with Gasteiger partial charge < -0.3 is 8.98 Å². The number of hydrogen-bond donors (Lipinski definition) is 0. The van der Waals surface area contributed by atoms with Crippen LogP contribution in [0, 0.1) is 0 Å². The molecule has 3 aromatic heterocycles. The average Bonchev–Trinajstić information content (AvgIpc) is 3.77. The summed E-state index contributed by atoms with van der Waals surface area (Å²) in [5, 5.41) is 9.12. The maximum Gasteiger partial charge on any atom is 0.164 e. The van der Waals surface area contributed by atoms with E-state index in [1.165, 1.54) is 32.3 Å². The molecular weight excluding hydrogens is 637 g/mol. The first-order valence-corrected chi connectivity index (χ1v) is 17.5. The summed E-state index contributed by atoms with van der Waals surface area (Å²) in [5.74, 6) is 1.82. The standard InChI is InChI=1S/C47H28N4O/c1-3-15-31(16-4-1)45-48-46(32-17-5-2-6-18-32)50-47(49-45)39-27-33(28-41-42(39)38-21-11-12-22-40(38)52-41)51-43-34-19-9-7-13-29(34)23-25-36(43)37-26-24-30-14-8-10-20-35(30)44(37)51/h1-28H. The van der Waals surface area contributed by atoms with E-state index in [1.807, 2.05) is 72.8 Å². The van der Waals surface area contributed by atoms with Gasteiger partial charge >= 0.3 is 0 Å². The average molecular weight is 665 g/mol. The topological polar surface area (TPSA) is 56.7 Å². The molecule has 3 heterocycles. The molecule has 8 aromatic carbocycles. The van der Waals surface area contributed by atoms with Gasteiger partial charge in [0.25, 0.3) is 0 Å². The van der Waals surface area contributed by atoms with E-state index in [9.17, 15) is 0 Å². The van der Waals surface area contributed by atoms with Gasteiger partial charge in [0.2, 0.25) is 0 Å². The number of aromatic nitrogens is 4. The molecule has 242 valence electrons. The summed E-state index contributed by atoms with van der Waals surface area (Å²) in [4.78, 5) is 15.4. The molecule has 0 aliphatic heterocycles. The van der Waals surface area contributed by atoms with E-state index in [-0.39, 0.29) is 0 Å². The first-order valence-electron chi connectivity index (χ1n) is 17.5.